The first-order valence-corrected chi connectivity index (χ1v) is 8.72. The lowest BCUT2D eigenvalue weighted by molar-refractivity contribution is 0.382. The van der Waals surface area contributed by atoms with Crippen molar-refractivity contribution >= 4 is 22.1 Å². The SMILES string of the molecule is Cc1ncc(C[S@@](=O)[C@H](C)c2ncc(C(C)(C)C)o2)s1. The Morgan fingerprint density at radius 2 is 2.05 bits per heavy atom. The molecule has 4 nitrogen and oxygen atoms in total. The maximum Gasteiger partial charge on any atom is 0.209 e. The molecule has 2 rings (SSSR count). The third-order valence-corrected chi connectivity index (χ3v) is 5.64. The molecule has 20 heavy (non-hydrogen) atoms. The number of nitrogens with zero attached hydrogens (tertiary/aromatic N) is 2. The van der Waals surface area contributed by atoms with Crippen LogP contribution in [0.5, 0.6) is 0 Å². The van der Waals surface area contributed by atoms with E-state index in [0.717, 1.165) is 15.6 Å². The highest BCUT2D eigenvalue weighted by atomic mass is 32.2. The van der Waals surface area contributed by atoms with Gasteiger partial charge in [0.25, 0.3) is 0 Å². The molecule has 0 aliphatic carbocycles. The molecule has 0 N–H and O–H groups in total. The summed E-state index contributed by atoms with van der Waals surface area (Å²) in [5.74, 6) is 1.87. The quantitative estimate of drug-likeness (QED) is 0.863. The van der Waals surface area contributed by atoms with Crippen LogP contribution in [-0.2, 0) is 22.0 Å². The topological polar surface area (TPSA) is 56.0 Å². The van der Waals surface area contributed by atoms with Gasteiger partial charge >= 0.3 is 0 Å². The van der Waals surface area contributed by atoms with Gasteiger partial charge in [-0.2, -0.15) is 0 Å². The van der Waals surface area contributed by atoms with Gasteiger partial charge < -0.3 is 4.42 Å². The van der Waals surface area contributed by atoms with Crippen LogP contribution in [0.2, 0.25) is 0 Å². The third-order valence-electron chi connectivity index (χ3n) is 2.96. The van der Waals surface area contributed by atoms with E-state index >= 15 is 0 Å². The molecule has 6 heteroatoms. The molecule has 2 aromatic heterocycles. The number of thiazole rings is 1. The number of aryl methyl sites for hydroxylation is 1. The zero-order chi connectivity index (χ0) is 14.9. The van der Waals surface area contributed by atoms with E-state index in [1.165, 1.54) is 0 Å². The van der Waals surface area contributed by atoms with Gasteiger partial charge in [0.05, 0.1) is 17.0 Å². The number of aromatic nitrogens is 2. The second-order valence-electron chi connectivity index (χ2n) is 5.83. The Balaban J connectivity index is 2.08. The smallest absolute Gasteiger partial charge is 0.209 e. The molecule has 0 fully saturated rings. The van der Waals surface area contributed by atoms with E-state index in [0.29, 0.717) is 11.6 Å². The summed E-state index contributed by atoms with van der Waals surface area (Å²) in [6.45, 7) is 10.0. The molecule has 0 radical (unpaired) electrons. The average Bonchev–Trinajstić information content (AvgIpc) is 2.96. The first kappa shape index (κ1) is 15.4. The minimum atomic E-state index is -1.05. The molecule has 0 bridgehead atoms. The van der Waals surface area contributed by atoms with Gasteiger partial charge in [-0.3, -0.25) is 4.21 Å². The average molecular weight is 312 g/mol. The van der Waals surface area contributed by atoms with Crippen LogP contribution >= 0.6 is 11.3 Å². The van der Waals surface area contributed by atoms with Crippen molar-refractivity contribution in [2.45, 2.75) is 51.0 Å². The predicted octanol–water partition coefficient (Wildman–Crippen LogP) is 3.75. The van der Waals surface area contributed by atoms with Gasteiger partial charge in [-0.25, -0.2) is 9.97 Å². The van der Waals surface area contributed by atoms with Crippen LogP contribution in [-0.4, -0.2) is 14.2 Å². The number of rotatable bonds is 4. The zero-order valence-corrected chi connectivity index (χ0v) is 14.1. The summed E-state index contributed by atoms with van der Waals surface area (Å²) in [6.07, 6.45) is 3.53. The van der Waals surface area contributed by atoms with Crippen molar-refractivity contribution in [1.29, 1.82) is 0 Å². The van der Waals surface area contributed by atoms with E-state index in [4.69, 9.17) is 4.42 Å². The maximum absolute atomic E-state index is 12.4. The van der Waals surface area contributed by atoms with Crippen molar-refractivity contribution in [2.75, 3.05) is 0 Å². The monoisotopic (exact) mass is 312 g/mol. The summed E-state index contributed by atoms with van der Waals surface area (Å²) in [7, 11) is -1.05. The lowest BCUT2D eigenvalue weighted by Crippen LogP contribution is -2.09. The largest absolute Gasteiger partial charge is 0.444 e. The molecule has 2 atom stereocenters. The fourth-order valence-electron chi connectivity index (χ4n) is 1.67. The molecular formula is C14H20N2O2S2. The summed E-state index contributed by atoms with van der Waals surface area (Å²) in [4.78, 5) is 9.50. The van der Waals surface area contributed by atoms with E-state index in [1.807, 2.05) is 13.8 Å². The Bertz CT molecular complexity index is 611. The summed E-state index contributed by atoms with van der Waals surface area (Å²) in [5.41, 5.74) is -0.0821. The van der Waals surface area contributed by atoms with Crippen LogP contribution in [0.15, 0.2) is 16.8 Å². The van der Waals surface area contributed by atoms with Crippen LogP contribution in [0.1, 0.15) is 54.5 Å². The Kier molecular flexibility index (Phi) is 4.44. The van der Waals surface area contributed by atoms with Crippen molar-refractivity contribution in [1.82, 2.24) is 9.97 Å². The zero-order valence-electron chi connectivity index (χ0n) is 12.5. The Labute approximate surface area is 126 Å². The first-order chi connectivity index (χ1) is 9.27. The van der Waals surface area contributed by atoms with Gasteiger partial charge in [-0.15, -0.1) is 11.3 Å². The molecule has 0 aliphatic rings. The fourth-order valence-corrected chi connectivity index (χ4v) is 3.79. The summed E-state index contributed by atoms with van der Waals surface area (Å²) in [6, 6.07) is 0. The molecule has 2 aromatic rings. The van der Waals surface area contributed by atoms with Crippen molar-refractivity contribution in [2.24, 2.45) is 0 Å². The van der Waals surface area contributed by atoms with E-state index in [-0.39, 0.29) is 10.7 Å². The van der Waals surface area contributed by atoms with Gasteiger partial charge in [0, 0.05) is 27.3 Å². The van der Waals surface area contributed by atoms with Crippen LogP contribution in [0, 0.1) is 6.92 Å². The van der Waals surface area contributed by atoms with E-state index < -0.39 is 10.8 Å². The van der Waals surface area contributed by atoms with Crippen molar-refractivity contribution in [3.05, 3.63) is 33.9 Å². The number of hydrogen-bond acceptors (Lipinski definition) is 5. The Hall–Kier alpha value is -1.01. The fraction of sp³-hybridized carbons (Fsp3) is 0.571. The van der Waals surface area contributed by atoms with Gasteiger partial charge in [-0.1, -0.05) is 20.8 Å². The molecule has 2 heterocycles. The standard InChI is InChI=1S/C14H20N2O2S2/c1-9(13-16-7-12(18-13)14(3,4)5)20(17)8-11-6-15-10(2)19-11/h6-7,9H,8H2,1-5H3/t9-,20-/m1/s1. The van der Waals surface area contributed by atoms with Crippen LogP contribution < -0.4 is 0 Å². The molecule has 0 saturated heterocycles. The van der Waals surface area contributed by atoms with Crippen molar-refractivity contribution in [3.8, 4) is 0 Å². The van der Waals surface area contributed by atoms with E-state index in [9.17, 15) is 4.21 Å². The number of oxazole rings is 1. The lowest BCUT2D eigenvalue weighted by atomic mass is 9.94. The highest BCUT2D eigenvalue weighted by Crippen LogP contribution is 2.28. The molecule has 110 valence electrons. The highest BCUT2D eigenvalue weighted by molar-refractivity contribution is 7.84. The second-order valence-corrected chi connectivity index (χ2v) is 8.90. The molecule has 0 aromatic carbocycles. The van der Waals surface area contributed by atoms with Gasteiger partial charge in [0.15, 0.2) is 0 Å². The molecule has 0 saturated carbocycles. The normalized spacial score (nSPS) is 15.2. The Morgan fingerprint density at radius 3 is 2.55 bits per heavy atom. The summed E-state index contributed by atoms with van der Waals surface area (Å²) < 4.78 is 18.1. The van der Waals surface area contributed by atoms with Gasteiger partial charge in [-0.05, 0) is 13.8 Å². The van der Waals surface area contributed by atoms with E-state index in [2.05, 4.69) is 30.7 Å². The minimum Gasteiger partial charge on any atom is -0.444 e. The van der Waals surface area contributed by atoms with Crippen molar-refractivity contribution < 1.29 is 8.63 Å². The molecular weight excluding hydrogens is 292 g/mol. The van der Waals surface area contributed by atoms with Crippen LogP contribution in [0.25, 0.3) is 0 Å². The van der Waals surface area contributed by atoms with Gasteiger partial charge in [0.2, 0.25) is 5.89 Å². The van der Waals surface area contributed by atoms with Crippen molar-refractivity contribution in [3.63, 3.8) is 0 Å². The lowest BCUT2D eigenvalue weighted by Gasteiger charge is -2.13. The maximum atomic E-state index is 12.4. The van der Waals surface area contributed by atoms with Gasteiger partial charge in [0.1, 0.15) is 11.0 Å². The molecule has 0 unspecified atom stereocenters. The summed E-state index contributed by atoms with van der Waals surface area (Å²) in [5, 5.41) is 0.782. The highest BCUT2D eigenvalue weighted by Gasteiger charge is 2.24. The van der Waals surface area contributed by atoms with Crippen LogP contribution in [0.3, 0.4) is 0 Å². The first-order valence-electron chi connectivity index (χ1n) is 6.52. The predicted molar refractivity (Wildman–Crippen MR) is 82.3 cm³/mol. The molecule has 0 spiro atoms. The molecule has 0 amide bonds. The number of hydrogen-bond donors (Lipinski definition) is 0. The Morgan fingerprint density at radius 1 is 1.35 bits per heavy atom. The minimum absolute atomic E-state index is 0.0821. The molecule has 0 aliphatic heterocycles. The summed E-state index contributed by atoms with van der Waals surface area (Å²) >= 11 is 1.58. The second kappa shape index (κ2) is 5.77. The third kappa shape index (κ3) is 3.55. The van der Waals surface area contributed by atoms with Crippen LogP contribution in [0.4, 0.5) is 0 Å². The van der Waals surface area contributed by atoms with E-state index in [1.54, 1.807) is 23.7 Å².